The first-order chi connectivity index (χ1) is 8.09. The Morgan fingerprint density at radius 3 is 2.65 bits per heavy atom. The van der Waals surface area contributed by atoms with Gasteiger partial charge < -0.3 is 4.57 Å². The molecule has 6 heteroatoms. The standard InChI is InChI=1S/C11H18N6/c1-9(10-6-12-16-15-10)4-5-11(2,3)17-7-13-14-8-17/h6-9H,4-5H2,1-3H3,(H,12,15,16). The van der Waals surface area contributed by atoms with Crippen LogP contribution in [0.1, 0.15) is 45.2 Å². The number of rotatable bonds is 5. The van der Waals surface area contributed by atoms with Gasteiger partial charge in [0.05, 0.1) is 11.9 Å². The van der Waals surface area contributed by atoms with Gasteiger partial charge in [-0.15, -0.1) is 10.2 Å². The highest BCUT2D eigenvalue weighted by atomic mass is 15.3. The number of aromatic amines is 1. The Morgan fingerprint density at radius 1 is 1.35 bits per heavy atom. The van der Waals surface area contributed by atoms with Crippen LogP contribution in [0.3, 0.4) is 0 Å². The van der Waals surface area contributed by atoms with E-state index in [1.807, 2.05) is 4.57 Å². The van der Waals surface area contributed by atoms with Gasteiger partial charge in [-0.3, -0.25) is 0 Å². The summed E-state index contributed by atoms with van der Waals surface area (Å²) in [7, 11) is 0. The number of H-pyrrole nitrogens is 1. The van der Waals surface area contributed by atoms with E-state index < -0.39 is 0 Å². The van der Waals surface area contributed by atoms with Crippen molar-refractivity contribution in [2.75, 3.05) is 0 Å². The maximum absolute atomic E-state index is 4.11. The fraction of sp³-hybridized carbons (Fsp3) is 0.636. The van der Waals surface area contributed by atoms with Gasteiger partial charge in [0.1, 0.15) is 12.7 Å². The lowest BCUT2D eigenvalue weighted by atomic mass is 9.92. The zero-order chi connectivity index (χ0) is 12.3. The van der Waals surface area contributed by atoms with Crippen molar-refractivity contribution in [2.24, 2.45) is 0 Å². The summed E-state index contributed by atoms with van der Waals surface area (Å²) in [5.74, 6) is 0.407. The molecule has 1 atom stereocenters. The maximum Gasteiger partial charge on any atom is 0.119 e. The molecule has 0 fully saturated rings. The van der Waals surface area contributed by atoms with Crippen molar-refractivity contribution in [2.45, 2.75) is 45.1 Å². The maximum atomic E-state index is 4.11. The molecule has 0 aliphatic rings. The summed E-state index contributed by atoms with van der Waals surface area (Å²) in [6.45, 7) is 6.54. The number of aromatic nitrogens is 6. The van der Waals surface area contributed by atoms with E-state index in [1.165, 1.54) is 0 Å². The number of hydrogen-bond donors (Lipinski definition) is 1. The van der Waals surface area contributed by atoms with E-state index >= 15 is 0 Å². The zero-order valence-corrected chi connectivity index (χ0v) is 10.5. The predicted octanol–water partition coefficient (Wildman–Crippen LogP) is 1.72. The Balaban J connectivity index is 1.94. The first-order valence-electron chi connectivity index (χ1n) is 5.80. The van der Waals surface area contributed by atoms with Crippen molar-refractivity contribution in [3.8, 4) is 0 Å². The van der Waals surface area contributed by atoms with Gasteiger partial charge >= 0.3 is 0 Å². The molecule has 2 aromatic rings. The lowest BCUT2D eigenvalue weighted by Gasteiger charge is -2.26. The van der Waals surface area contributed by atoms with E-state index in [2.05, 4.69) is 46.4 Å². The molecule has 0 radical (unpaired) electrons. The van der Waals surface area contributed by atoms with Gasteiger partial charge in [0.2, 0.25) is 0 Å². The van der Waals surface area contributed by atoms with Gasteiger partial charge in [0, 0.05) is 11.5 Å². The summed E-state index contributed by atoms with van der Waals surface area (Å²) in [5, 5.41) is 18.3. The molecule has 2 rings (SSSR count). The van der Waals surface area contributed by atoms with Crippen LogP contribution in [-0.2, 0) is 5.54 Å². The molecular weight excluding hydrogens is 216 g/mol. The molecule has 1 unspecified atom stereocenters. The van der Waals surface area contributed by atoms with Crippen LogP contribution >= 0.6 is 0 Å². The smallest absolute Gasteiger partial charge is 0.119 e. The summed E-state index contributed by atoms with van der Waals surface area (Å²) < 4.78 is 2.04. The summed E-state index contributed by atoms with van der Waals surface area (Å²) in [6, 6.07) is 0. The quantitative estimate of drug-likeness (QED) is 0.854. The molecule has 0 amide bonds. The largest absolute Gasteiger partial charge is 0.315 e. The zero-order valence-electron chi connectivity index (χ0n) is 10.5. The monoisotopic (exact) mass is 234 g/mol. The molecule has 0 saturated heterocycles. The molecule has 6 nitrogen and oxygen atoms in total. The van der Waals surface area contributed by atoms with Crippen LogP contribution in [0, 0.1) is 0 Å². The highest BCUT2D eigenvalue weighted by molar-refractivity contribution is 4.99. The van der Waals surface area contributed by atoms with Crippen LogP contribution in [-0.4, -0.2) is 30.2 Å². The molecule has 0 spiro atoms. The van der Waals surface area contributed by atoms with Gasteiger partial charge in [-0.2, -0.15) is 15.4 Å². The second-order valence-electron chi connectivity index (χ2n) is 5.02. The van der Waals surface area contributed by atoms with Crippen molar-refractivity contribution < 1.29 is 0 Å². The minimum absolute atomic E-state index is 0.0293. The van der Waals surface area contributed by atoms with Crippen LogP contribution in [0.15, 0.2) is 18.9 Å². The highest BCUT2D eigenvalue weighted by Crippen LogP contribution is 2.26. The fourth-order valence-corrected chi connectivity index (χ4v) is 1.81. The molecule has 17 heavy (non-hydrogen) atoms. The van der Waals surface area contributed by atoms with E-state index in [9.17, 15) is 0 Å². The van der Waals surface area contributed by atoms with Crippen molar-refractivity contribution in [1.29, 1.82) is 0 Å². The molecule has 0 aromatic carbocycles. The third kappa shape index (κ3) is 2.69. The Hall–Kier alpha value is -1.72. The topological polar surface area (TPSA) is 72.3 Å². The summed E-state index contributed by atoms with van der Waals surface area (Å²) in [4.78, 5) is 0. The number of nitrogens with zero attached hydrogens (tertiary/aromatic N) is 5. The van der Waals surface area contributed by atoms with Gasteiger partial charge in [0.25, 0.3) is 0 Å². The third-order valence-electron chi connectivity index (χ3n) is 3.25. The van der Waals surface area contributed by atoms with Crippen LogP contribution in [0.5, 0.6) is 0 Å². The van der Waals surface area contributed by atoms with Gasteiger partial charge in [-0.25, -0.2) is 0 Å². The number of hydrogen-bond acceptors (Lipinski definition) is 4. The van der Waals surface area contributed by atoms with Gasteiger partial charge in [-0.05, 0) is 26.7 Å². The Bertz CT molecular complexity index is 430. The Morgan fingerprint density at radius 2 is 2.06 bits per heavy atom. The molecule has 0 bridgehead atoms. The predicted molar refractivity (Wildman–Crippen MR) is 63.4 cm³/mol. The van der Waals surface area contributed by atoms with Gasteiger partial charge in [0.15, 0.2) is 0 Å². The molecule has 2 aromatic heterocycles. The lowest BCUT2D eigenvalue weighted by Crippen LogP contribution is -2.25. The van der Waals surface area contributed by atoms with Crippen molar-refractivity contribution in [3.05, 3.63) is 24.5 Å². The lowest BCUT2D eigenvalue weighted by molar-refractivity contribution is 0.308. The normalized spacial score (nSPS) is 13.8. The van der Waals surface area contributed by atoms with Crippen molar-refractivity contribution >= 4 is 0 Å². The number of nitrogens with one attached hydrogen (secondary N) is 1. The average molecular weight is 234 g/mol. The highest BCUT2D eigenvalue weighted by Gasteiger charge is 2.21. The van der Waals surface area contributed by atoms with Crippen LogP contribution in [0.2, 0.25) is 0 Å². The Kier molecular flexibility index (Phi) is 3.21. The van der Waals surface area contributed by atoms with Crippen molar-refractivity contribution in [1.82, 2.24) is 30.2 Å². The average Bonchev–Trinajstić information content (AvgIpc) is 2.97. The van der Waals surface area contributed by atoms with Crippen LogP contribution < -0.4 is 0 Å². The fourth-order valence-electron chi connectivity index (χ4n) is 1.81. The summed E-state index contributed by atoms with van der Waals surface area (Å²) >= 11 is 0. The van der Waals surface area contributed by atoms with Gasteiger partial charge in [-0.1, -0.05) is 6.92 Å². The van der Waals surface area contributed by atoms with E-state index in [0.29, 0.717) is 5.92 Å². The molecule has 2 heterocycles. The SMILES string of the molecule is CC(CCC(C)(C)n1cnnc1)c1cn[nH]n1. The third-order valence-corrected chi connectivity index (χ3v) is 3.25. The van der Waals surface area contributed by atoms with E-state index in [1.54, 1.807) is 18.9 Å². The van der Waals surface area contributed by atoms with E-state index in [-0.39, 0.29) is 5.54 Å². The molecular formula is C11H18N6. The van der Waals surface area contributed by atoms with Crippen LogP contribution in [0.4, 0.5) is 0 Å². The minimum Gasteiger partial charge on any atom is -0.315 e. The first-order valence-corrected chi connectivity index (χ1v) is 5.80. The molecule has 0 aliphatic heterocycles. The first kappa shape index (κ1) is 11.8. The van der Waals surface area contributed by atoms with E-state index in [0.717, 1.165) is 18.5 Å². The summed E-state index contributed by atoms with van der Waals surface area (Å²) in [6.07, 6.45) is 7.41. The Labute approximate surface area is 100 Å². The minimum atomic E-state index is 0.0293. The molecule has 0 aliphatic carbocycles. The second-order valence-corrected chi connectivity index (χ2v) is 5.02. The molecule has 92 valence electrons. The second kappa shape index (κ2) is 4.65. The van der Waals surface area contributed by atoms with E-state index in [4.69, 9.17) is 0 Å². The van der Waals surface area contributed by atoms with Crippen LogP contribution in [0.25, 0.3) is 0 Å². The summed E-state index contributed by atoms with van der Waals surface area (Å²) in [5.41, 5.74) is 1.05. The molecule has 0 saturated carbocycles. The molecule has 1 N–H and O–H groups in total. The van der Waals surface area contributed by atoms with Crippen molar-refractivity contribution in [3.63, 3.8) is 0 Å².